The van der Waals surface area contributed by atoms with E-state index in [2.05, 4.69) is 84.0 Å². The predicted octanol–water partition coefficient (Wildman–Crippen LogP) is 5.71. The van der Waals surface area contributed by atoms with Crippen LogP contribution in [0.2, 0.25) is 0 Å². The lowest BCUT2D eigenvalue weighted by molar-refractivity contribution is -0.146. The fourth-order valence-electron chi connectivity index (χ4n) is 7.83. The maximum absolute atomic E-state index is 13.1. The highest BCUT2D eigenvalue weighted by Gasteiger charge is 2.55. The van der Waals surface area contributed by atoms with Gasteiger partial charge in [0.1, 0.15) is 6.10 Å². The summed E-state index contributed by atoms with van der Waals surface area (Å²) in [5, 5.41) is 0. The van der Waals surface area contributed by atoms with Gasteiger partial charge in [-0.25, -0.2) is 0 Å². The second-order valence-corrected chi connectivity index (χ2v) is 12.0. The Bertz CT molecular complexity index is 1040. The number of hydrogen-bond acceptors (Lipinski definition) is 4. The number of allylic oxidation sites excluding steroid dienone is 1. The first kappa shape index (κ1) is 23.9. The molecule has 0 bridgehead atoms. The van der Waals surface area contributed by atoms with Crippen molar-refractivity contribution in [1.82, 2.24) is 9.80 Å². The van der Waals surface area contributed by atoms with Gasteiger partial charge in [-0.3, -0.25) is 14.6 Å². The molecule has 0 radical (unpaired) electrons. The molecule has 0 spiro atoms. The van der Waals surface area contributed by atoms with Crippen LogP contribution in [0.5, 0.6) is 0 Å². The molecular weight excluding hydrogens is 444 g/mol. The average molecular weight is 485 g/mol. The summed E-state index contributed by atoms with van der Waals surface area (Å²) in [4.78, 5) is 18.2. The fourth-order valence-corrected chi connectivity index (χ4v) is 7.83. The highest BCUT2D eigenvalue weighted by atomic mass is 16.6. The number of hydrogen-bond donors (Lipinski definition) is 0. The molecule has 6 rings (SSSR count). The first-order valence-corrected chi connectivity index (χ1v) is 14.0. The van der Waals surface area contributed by atoms with E-state index in [-0.39, 0.29) is 29.4 Å². The summed E-state index contributed by atoms with van der Waals surface area (Å²) < 4.78 is 6.04. The van der Waals surface area contributed by atoms with Gasteiger partial charge >= 0.3 is 5.97 Å². The minimum Gasteiger partial charge on any atom is -0.462 e. The van der Waals surface area contributed by atoms with Gasteiger partial charge in [-0.1, -0.05) is 79.7 Å². The van der Waals surface area contributed by atoms with E-state index in [0.29, 0.717) is 11.8 Å². The quantitative estimate of drug-likeness (QED) is 0.402. The zero-order valence-electron chi connectivity index (χ0n) is 21.6. The lowest BCUT2D eigenvalue weighted by atomic mass is 9.55. The van der Waals surface area contributed by atoms with Crippen molar-refractivity contribution in [2.45, 2.75) is 51.2 Å². The zero-order valence-corrected chi connectivity index (χ0v) is 21.6. The summed E-state index contributed by atoms with van der Waals surface area (Å²) >= 11 is 0. The van der Waals surface area contributed by atoms with E-state index in [1.165, 1.54) is 29.5 Å². The number of carbonyl (C=O) groups excluding carboxylic acids is 1. The van der Waals surface area contributed by atoms with Crippen LogP contribution >= 0.6 is 0 Å². The monoisotopic (exact) mass is 484 g/mol. The van der Waals surface area contributed by atoms with Crippen molar-refractivity contribution < 1.29 is 9.53 Å². The molecular formula is C32H40N2O2. The Morgan fingerprint density at radius 2 is 1.64 bits per heavy atom. The largest absolute Gasteiger partial charge is 0.462 e. The maximum atomic E-state index is 13.1. The van der Waals surface area contributed by atoms with E-state index >= 15 is 0 Å². The SMILES string of the molecule is C=C1CCC[C@]2(C)C[C@H]3OC(=O)[C@@H](CN4CCN(C(c5ccccc5)c5ccccc5)CC4)[C@@H]3C[C@@H]12. The molecule has 2 aromatic rings. The molecule has 2 saturated carbocycles. The van der Waals surface area contributed by atoms with E-state index in [4.69, 9.17) is 4.74 Å². The van der Waals surface area contributed by atoms with Gasteiger partial charge in [-0.2, -0.15) is 0 Å². The third kappa shape index (κ3) is 4.43. The van der Waals surface area contributed by atoms with Crippen molar-refractivity contribution in [3.63, 3.8) is 0 Å². The number of piperazine rings is 1. The number of ether oxygens (including phenoxy) is 1. The van der Waals surface area contributed by atoms with Gasteiger partial charge in [0.05, 0.1) is 12.0 Å². The van der Waals surface area contributed by atoms with Gasteiger partial charge in [0.25, 0.3) is 0 Å². The van der Waals surface area contributed by atoms with Crippen molar-refractivity contribution in [3.05, 3.63) is 83.9 Å². The minimum atomic E-state index is 0.0138. The smallest absolute Gasteiger partial charge is 0.310 e. The van der Waals surface area contributed by atoms with E-state index in [9.17, 15) is 4.79 Å². The van der Waals surface area contributed by atoms with Crippen molar-refractivity contribution in [2.24, 2.45) is 23.2 Å². The normalized spacial score (nSPS) is 33.3. The van der Waals surface area contributed by atoms with Crippen molar-refractivity contribution in [1.29, 1.82) is 0 Å². The maximum Gasteiger partial charge on any atom is 0.310 e. The Hall–Kier alpha value is -2.43. The third-order valence-corrected chi connectivity index (χ3v) is 9.78. The van der Waals surface area contributed by atoms with Gasteiger partial charge in [0.2, 0.25) is 0 Å². The van der Waals surface area contributed by atoms with Gasteiger partial charge in [-0.15, -0.1) is 0 Å². The number of esters is 1. The first-order valence-electron chi connectivity index (χ1n) is 14.0. The molecule has 4 fully saturated rings. The molecule has 0 amide bonds. The average Bonchev–Trinajstić information content (AvgIpc) is 3.18. The van der Waals surface area contributed by atoms with E-state index in [0.717, 1.165) is 52.0 Å². The van der Waals surface area contributed by atoms with Crippen LogP contribution in [-0.2, 0) is 9.53 Å². The Kier molecular flexibility index (Phi) is 6.51. The fraction of sp³-hybridized carbons (Fsp3) is 0.531. The number of rotatable bonds is 5. The van der Waals surface area contributed by atoms with Crippen molar-refractivity contribution in [2.75, 3.05) is 32.7 Å². The molecule has 2 saturated heterocycles. The molecule has 2 heterocycles. The molecule has 4 heteroatoms. The molecule has 36 heavy (non-hydrogen) atoms. The van der Waals surface area contributed by atoms with Crippen LogP contribution in [0.1, 0.15) is 56.2 Å². The van der Waals surface area contributed by atoms with E-state index in [1.54, 1.807) is 0 Å². The topological polar surface area (TPSA) is 32.8 Å². The summed E-state index contributed by atoms with van der Waals surface area (Å²) in [6.07, 6.45) is 5.85. The van der Waals surface area contributed by atoms with Gasteiger partial charge in [-0.05, 0) is 54.6 Å². The third-order valence-electron chi connectivity index (χ3n) is 9.78. The highest BCUT2D eigenvalue weighted by molar-refractivity contribution is 5.75. The molecule has 2 aliphatic heterocycles. The van der Waals surface area contributed by atoms with Gasteiger partial charge < -0.3 is 4.74 Å². The molecule has 2 aliphatic carbocycles. The van der Waals surface area contributed by atoms with Crippen molar-refractivity contribution in [3.8, 4) is 0 Å². The van der Waals surface area contributed by atoms with Crippen LogP contribution in [0.4, 0.5) is 0 Å². The first-order chi connectivity index (χ1) is 17.5. The zero-order chi connectivity index (χ0) is 24.7. The van der Waals surface area contributed by atoms with Crippen LogP contribution in [0.15, 0.2) is 72.8 Å². The molecule has 2 aromatic carbocycles. The predicted molar refractivity (Wildman–Crippen MR) is 143 cm³/mol. The van der Waals surface area contributed by atoms with Crippen LogP contribution in [0.3, 0.4) is 0 Å². The van der Waals surface area contributed by atoms with Crippen LogP contribution in [-0.4, -0.2) is 54.6 Å². The van der Waals surface area contributed by atoms with Gasteiger partial charge in [0, 0.05) is 38.6 Å². The van der Waals surface area contributed by atoms with Crippen LogP contribution in [0, 0.1) is 23.2 Å². The highest BCUT2D eigenvalue weighted by Crippen LogP contribution is 2.57. The van der Waals surface area contributed by atoms with Crippen LogP contribution in [0.25, 0.3) is 0 Å². The molecule has 0 N–H and O–H groups in total. The van der Waals surface area contributed by atoms with Crippen LogP contribution < -0.4 is 0 Å². The minimum absolute atomic E-state index is 0.0138. The standard InChI is InChI=1S/C32H40N2O2/c1-23-10-9-15-32(2)21-29-26(20-28(23)32)27(31(35)36-29)22-33-16-18-34(19-17-33)30(24-11-5-3-6-12-24)25-13-7-4-8-14-25/h3-8,11-14,26-30H,1,9-10,15-22H2,2H3/t26-,27-,28-,29+,32+/m0/s1. The van der Waals surface area contributed by atoms with Crippen molar-refractivity contribution >= 4 is 5.97 Å². The second kappa shape index (κ2) is 9.79. The molecule has 5 atom stereocenters. The number of benzene rings is 2. The Morgan fingerprint density at radius 3 is 2.28 bits per heavy atom. The number of fused-ring (bicyclic) bond motifs is 2. The summed E-state index contributed by atoms with van der Waals surface area (Å²) in [5.74, 6) is 0.968. The Balaban J connectivity index is 1.13. The lowest BCUT2D eigenvalue weighted by Crippen LogP contribution is -2.50. The second-order valence-electron chi connectivity index (χ2n) is 12.0. The summed E-state index contributed by atoms with van der Waals surface area (Å²) in [6.45, 7) is 11.7. The molecule has 4 aliphatic rings. The van der Waals surface area contributed by atoms with Gasteiger partial charge in [0.15, 0.2) is 0 Å². The number of nitrogens with zero attached hydrogens (tertiary/aromatic N) is 2. The molecule has 0 aromatic heterocycles. The Labute approximate surface area is 216 Å². The lowest BCUT2D eigenvalue weighted by Gasteiger charge is -2.50. The van der Waals surface area contributed by atoms with E-state index < -0.39 is 0 Å². The Morgan fingerprint density at radius 1 is 1.00 bits per heavy atom. The van der Waals surface area contributed by atoms with E-state index in [1.807, 2.05) is 0 Å². The molecule has 0 unspecified atom stereocenters. The molecule has 190 valence electrons. The molecule has 4 nitrogen and oxygen atoms in total. The summed E-state index contributed by atoms with van der Waals surface area (Å²) in [7, 11) is 0. The number of carbonyl (C=O) groups is 1. The summed E-state index contributed by atoms with van der Waals surface area (Å²) in [6, 6.07) is 22.0. The summed E-state index contributed by atoms with van der Waals surface area (Å²) in [5.41, 5.74) is 4.37.